The van der Waals surface area contributed by atoms with Gasteiger partial charge in [-0.15, -0.1) is 0 Å². The molecule has 1 aliphatic carbocycles. The molecule has 1 N–H and O–H groups in total. The fourth-order valence-electron chi connectivity index (χ4n) is 4.57. The zero-order valence-corrected chi connectivity index (χ0v) is 19.4. The standard InChI is InChI=1S/C28H30FN3O2/c1-20-9-5-6-12-24(20)26(27(33)31-23-10-3-2-4-11-23)32(19-21-14-16-22(29)17-15-21)28(34)25-13-7-8-18-30-25/h5-9,12-18,23,26H,2-4,10-11,19H2,1H3,(H,31,33). The van der Waals surface area contributed by atoms with Gasteiger partial charge in [0.2, 0.25) is 5.91 Å². The van der Waals surface area contributed by atoms with Crippen LogP contribution in [0.1, 0.15) is 65.3 Å². The van der Waals surface area contributed by atoms with Gasteiger partial charge in [0.1, 0.15) is 17.6 Å². The normalized spacial score (nSPS) is 14.9. The van der Waals surface area contributed by atoms with Gasteiger partial charge in [-0.2, -0.15) is 0 Å². The summed E-state index contributed by atoms with van der Waals surface area (Å²) in [7, 11) is 0. The second-order valence-electron chi connectivity index (χ2n) is 8.88. The first kappa shape index (κ1) is 23.6. The quantitative estimate of drug-likeness (QED) is 0.517. The Hall–Kier alpha value is -3.54. The fraction of sp³-hybridized carbons (Fsp3) is 0.321. The first-order chi connectivity index (χ1) is 16.5. The Labute approximate surface area is 200 Å². The number of nitrogens with zero attached hydrogens (tertiary/aromatic N) is 2. The van der Waals surface area contributed by atoms with Crippen LogP contribution in [0.4, 0.5) is 4.39 Å². The highest BCUT2D eigenvalue weighted by molar-refractivity contribution is 5.96. The van der Waals surface area contributed by atoms with E-state index in [4.69, 9.17) is 0 Å². The molecule has 4 rings (SSSR count). The van der Waals surface area contributed by atoms with Crippen molar-refractivity contribution in [3.05, 3.63) is 101 Å². The molecule has 1 aromatic heterocycles. The van der Waals surface area contributed by atoms with Crippen LogP contribution in [0.5, 0.6) is 0 Å². The largest absolute Gasteiger partial charge is 0.351 e. The van der Waals surface area contributed by atoms with Gasteiger partial charge in [-0.1, -0.05) is 61.7 Å². The lowest BCUT2D eigenvalue weighted by Gasteiger charge is -2.34. The minimum atomic E-state index is -0.845. The SMILES string of the molecule is Cc1ccccc1C(C(=O)NC1CCCCC1)N(Cc1ccc(F)cc1)C(=O)c1ccccn1. The Bertz CT molecular complexity index is 1110. The third-order valence-corrected chi connectivity index (χ3v) is 6.41. The lowest BCUT2D eigenvalue weighted by atomic mass is 9.93. The fourth-order valence-corrected chi connectivity index (χ4v) is 4.57. The topological polar surface area (TPSA) is 62.3 Å². The second kappa shape index (κ2) is 11.1. The van der Waals surface area contributed by atoms with E-state index in [1.165, 1.54) is 18.6 Å². The van der Waals surface area contributed by atoms with E-state index in [1.807, 2.05) is 31.2 Å². The van der Waals surface area contributed by atoms with Gasteiger partial charge in [0.25, 0.3) is 5.91 Å². The highest BCUT2D eigenvalue weighted by Crippen LogP contribution is 2.29. The highest BCUT2D eigenvalue weighted by atomic mass is 19.1. The van der Waals surface area contributed by atoms with E-state index in [-0.39, 0.29) is 35.9 Å². The van der Waals surface area contributed by atoms with E-state index < -0.39 is 6.04 Å². The van der Waals surface area contributed by atoms with Crippen molar-refractivity contribution >= 4 is 11.8 Å². The maximum Gasteiger partial charge on any atom is 0.273 e. The summed E-state index contributed by atoms with van der Waals surface area (Å²) in [4.78, 5) is 33.3. The lowest BCUT2D eigenvalue weighted by Crippen LogP contribution is -2.47. The van der Waals surface area contributed by atoms with Crippen molar-refractivity contribution in [1.82, 2.24) is 15.2 Å². The van der Waals surface area contributed by atoms with Crippen molar-refractivity contribution in [2.24, 2.45) is 0 Å². The monoisotopic (exact) mass is 459 g/mol. The number of aryl methyl sites for hydroxylation is 1. The van der Waals surface area contributed by atoms with Crippen LogP contribution in [0.15, 0.2) is 72.9 Å². The molecule has 1 atom stereocenters. The van der Waals surface area contributed by atoms with Gasteiger partial charge >= 0.3 is 0 Å². The van der Waals surface area contributed by atoms with Crippen LogP contribution in [0.2, 0.25) is 0 Å². The van der Waals surface area contributed by atoms with Gasteiger partial charge in [-0.25, -0.2) is 4.39 Å². The third-order valence-electron chi connectivity index (χ3n) is 6.41. The molecule has 2 amide bonds. The number of aromatic nitrogens is 1. The summed E-state index contributed by atoms with van der Waals surface area (Å²) in [6.07, 6.45) is 6.81. The van der Waals surface area contributed by atoms with Gasteiger partial charge < -0.3 is 10.2 Å². The van der Waals surface area contributed by atoms with Crippen molar-refractivity contribution in [2.75, 3.05) is 0 Å². The first-order valence-electron chi connectivity index (χ1n) is 11.9. The Balaban J connectivity index is 1.75. The predicted molar refractivity (Wildman–Crippen MR) is 129 cm³/mol. The molecule has 6 heteroatoms. The predicted octanol–water partition coefficient (Wildman–Crippen LogP) is 5.36. The van der Waals surface area contributed by atoms with Crippen molar-refractivity contribution in [2.45, 2.75) is 57.7 Å². The van der Waals surface area contributed by atoms with Gasteiger partial charge in [-0.05, 0) is 60.7 Å². The van der Waals surface area contributed by atoms with E-state index >= 15 is 0 Å². The Morgan fingerprint density at radius 3 is 2.38 bits per heavy atom. The summed E-state index contributed by atoms with van der Waals surface area (Å²) in [5, 5.41) is 3.21. The number of halogens is 1. The zero-order valence-electron chi connectivity index (χ0n) is 19.4. The van der Waals surface area contributed by atoms with Crippen LogP contribution >= 0.6 is 0 Å². The van der Waals surface area contributed by atoms with Crippen LogP contribution in [0, 0.1) is 12.7 Å². The minimum absolute atomic E-state index is 0.102. The summed E-state index contributed by atoms with van der Waals surface area (Å²) in [6, 6.07) is 18.0. The number of benzene rings is 2. The molecular formula is C28H30FN3O2. The van der Waals surface area contributed by atoms with Gasteiger partial charge in [0, 0.05) is 18.8 Å². The van der Waals surface area contributed by atoms with Crippen molar-refractivity contribution < 1.29 is 14.0 Å². The van der Waals surface area contributed by atoms with Crippen molar-refractivity contribution in [1.29, 1.82) is 0 Å². The Morgan fingerprint density at radius 2 is 1.71 bits per heavy atom. The average Bonchev–Trinajstić information content (AvgIpc) is 2.86. The van der Waals surface area contributed by atoms with E-state index in [0.29, 0.717) is 0 Å². The molecule has 0 aliphatic heterocycles. The van der Waals surface area contributed by atoms with Crippen LogP contribution in [0.3, 0.4) is 0 Å². The number of carbonyl (C=O) groups is 2. The molecule has 0 radical (unpaired) electrons. The molecule has 1 fully saturated rings. The summed E-state index contributed by atoms with van der Waals surface area (Å²) in [5.41, 5.74) is 2.68. The molecule has 5 nitrogen and oxygen atoms in total. The summed E-state index contributed by atoms with van der Waals surface area (Å²) in [6.45, 7) is 2.09. The minimum Gasteiger partial charge on any atom is -0.351 e. The summed E-state index contributed by atoms with van der Waals surface area (Å²) < 4.78 is 13.6. The molecule has 176 valence electrons. The first-order valence-corrected chi connectivity index (χ1v) is 11.9. The van der Waals surface area contributed by atoms with Crippen LogP contribution in [-0.4, -0.2) is 27.7 Å². The molecule has 3 aromatic rings. The van der Waals surface area contributed by atoms with Crippen LogP contribution in [-0.2, 0) is 11.3 Å². The number of carbonyl (C=O) groups excluding carboxylic acids is 2. The molecule has 34 heavy (non-hydrogen) atoms. The number of hydrogen-bond acceptors (Lipinski definition) is 3. The third kappa shape index (κ3) is 5.68. The number of rotatable bonds is 7. The van der Waals surface area contributed by atoms with Crippen LogP contribution in [0.25, 0.3) is 0 Å². The zero-order chi connectivity index (χ0) is 23.9. The number of pyridine rings is 1. The van der Waals surface area contributed by atoms with Gasteiger partial charge in [-0.3, -0.25) is 14.6 Å². The smallest absolute Gasteiger partial charge is 0.273 e. The second-order valence-corrected chi connectivity index (χ2v) is 8.88. The maximum atomic E-state index is 13.8. The maximum absolute atomic E-state index is 13.8. The van der Waals surface area contributed by atoms with Gasteiger partial charge in [0.15, 0.2) is 0 Å². The molecule has 2 aromatic carbocycles. The molecule has 1 aliphatic rings. The van der Waals surface area contributed by atoms with E-state index in [2.05, 4.69) is 10.3 Å². The lowest BCUT2D eigenvalue weighted by molar-refractivity contribution is -0.127. The summed E-state index contributed by atoms with van der Waals surface area (Å²) in [5.74, 6) is -0.901. The molecule has 0 bridgehead atoms. The van der Waals surface area contributed by atoms with Crippen molar-refractivity contribution in [3.8, 4) is 0 Å². The number of hydrogen-bond donors (Lipinski definition) is 1. The molecule has 0 saturated heterocycles. The Kier molecular flexibility index (Phi) is 7.68. The Morgan fingerprint density at radius 1 is 1.00 bits per heavy atom. The summed E-state index contributed by atoms with van der Waals surface area (Å²) >= 11 is 0. The molecule has 1 unspecified atom stereocenters. The number of amides is 2. The van der Waals surface area contributed by atoms with Gasteiger partial charge in [0.05, 0.1) is 0 Å². The molecular weight excluding hydrogens is 429 g/mol. The molecule has 1 heterocycles. The van der Waals surface area contributed by atoms with Crippen LogP contribution < -0.4 is 5.32 Å². The van der Waals surface area contributed by atoms with E-state index in [1.54, 1.807) is 41.4 Å². The number of nitrogens with one attached hydrogen (secondary N) is 1. The molecule has 0 spiro atoms. The van der Waals surface area contributed by atoms with Crippen molar-refractivity contribution in [3.63, 3.8) is 0 Å². The van der Waals surface area contributed by atoms with E-state index in [9.17, 15) is 14.0 Å². The molecule has 1 saturated carbocycles. The highest BCUT2D eigenvalue weighted by Gasteiger charge is 2.34. The average molecular weight is 460 g/mol. The van der Waals surface area contributed by atoms with E-state index in [0.717, 1.165) is 42.4 Å².